The molecule has 1 aliphatic heterocycles. The first-order chi connectivity index (χ1) is 5.45. The van der Waals surface area contributed by atoms with Crippen LogP contribution in [0.15, 0.2) is 24.3 Å². The monoisotopic (exact) mass is 146 g/mol. The number of aryl methyl sites for hydroxylation is 1. The average molecular weight is 146 g/mol. The van der Waals surface area contributed by atoms with E-state index in [1.54, 1.807) is 0 Å². The van der Waals surface area contributed by atoms with Crippen molar-refractivity contribution >= 4 is 0 Å². The summed E-state index contributed by atoms with van der Waals surface area (Å²) in [5.41, 5.74) is 2.93. The summed E-state index contributed by atoms with van der Waals surface area (Å²) >= 11 is 0. The quantitative estimate of drug-likeness (QED) is 0.510. The predicted octanol–water partition coefficient (Wildman–Crippen LogP) is 2.07. The van der Waals surface area contributed by atoms with Gasteiger partial charge in [-0.3, -0.25) is 0 Å². The van der Waals surface area contributed by atoms with Crippen LogP contribution in [0.3, 0.4) is 0 Å². The fourth-order valence-electron chi connectivity index (χ4n) is 1.97. The fraction of sp³-hybridized carbons (Fsp3) is 0.400. The zero-order valence-electron chi connectivity index (χ0n) is 6.29. The van der Waals surface area contributed by atoms with Crippen LogP contribution in [-0.4, -0.2) is 6.10 Å². The summed E-state index contributed by atoms with van der Waals surface area (Å²) in [4.78, 5) is 0. The van der Waals surface area contributed by atoms with Crippen LogP contribution in [0.2, 0.25) is 0 Å². The first-order valence-corrected chi connectivity index (χ1v) is 4.18. The number of epoxide rings is 1. The van der Waals surface area contributed by atoms with Gasteiger partial charge in [-0.15, -0.1) is 0 Å². The van der Waals surface area contributed by atoms with Crippen molar-refractivity contribution < 1.29 is 4.74 Å². The van der Waals surface area contributed by atoms with Crippen molar-refractivity contribution in [3.63, 3.8) is 0 Å². The van der Waals surface area contributed by atoms with E-state index in [9.17, 15) is 0 Å². The molecule has 0 unspecified atom stereocenters. The fourth-order valence-corrected chi connectivity index (χ4v) is 1.97. The standard InChI is InChI=1S/C10H10O/c1-2-4-8-7(3-1)5-6-9-10(8)11-9/h1-4,9-10H,5-6H2/t9-,10+/m0/s1. The van der Waals surface area contributed by atoms with Gasteiger partial charge in [0.25, 0.3) is 0 Å². The Morgan fingerprint density at radius 2 is 2.18 bits per heavy atom. The smallest absolute Gasteiger partial charge is 0.109 e. The number of rotatable bonds is 0. The molecule has 0 spiro atoms. The number of fused-ring (bicyclic) bond motifs is 3. The summed E-state index contributed by atoms with van der Waals surface area (Å²) in [5.74, 6) is 0. The van der Waals surface area contributed by atoms with Crippen LogP contribution < -0.4 is 0 Å². The molecular weight excluding hydrogens is 136 g/mol. The molecule has 1 nitrogen and oxygen atoms in total. The molecule has 2 atom stereocenters. The van der Waals surface area contributed by atoms with E-state index in [-0.39, 0.29) is 0 Å². The number of hydrogen-bond donors (Lipinski definition) is 0. The Hall–Kier alpha value is -0.820. The SMILES string of the molecule is c1ccc2c(c1)CC[C@@H]1O[C@H]21. The second kappa shape index (κ2) is 1.86. The van der Waals surface area contributed by atoms with Gasteiger partial charge in [-0.2, -0.15) is 0 Å². The van der Waals surface area contributed by atoms with E-state index in [4.69, 9.17) is 4.74 Å². The predicted molar refractivity (Wildman–Crippen MR) is 42.4 cm³/mol. The molecule has 0 saturated carbocycles. The molecule has 1 aromatic rings. The molecule has 1 saturated heterocycles. The topological polar surface area (TPSA) is 12.5 Å². The minimum Gasteiger partial charge on any atom is -0.364 e. The molecule has 11 heavy (non-hydrogen) atoms. The second-order valence-corrected chi connectivity index (χ2v) is 3.33. The van der Waals surface area contributed by atoms with E-state index in [0.717, 1.165) is 0 Å². The normalized spacial score (nSPS) is 32.4. The maximum atomic E-state index is 5.50. The van der Waals surface area contributed by atoms with E-state index in [0.29, 0.717) is 12.2 Å². The highest BCUT2D eigenvalue weighted by Gasteiger charge is 2.43. The molecule has 56 valence electrons. The molecule has 2 aliphatic rings. The molecule has 1 fully saturated rings. The minimum absolute atomic E-state index is 0.458. The van der Waals surface area contributed by atoms with Gasteiger partial charge in [-0.05, 0) is 24.0 Å². The van der Waals surface area contributed by atoms with Crippen molar-refractivity contribution in [2.75, 3.05) is 0 Å². The summed E-state index contributed by atoms with van der Waals surface area (Å²) in [7, 11) is 0. The Balaban J connectivity index is 2.14. The molecule has 1 aromatic carbocycles. The summed E-state index contributed by atoms with van der Waals surface area (Å²) in [5, 5.41) is 0. The highest BCUT2D eigenvalue weighted by Crippen LogP contribution is 2.46. The Bertz CT molecular complexity index is 293. The highest BCUT2D eigenvalue weighted by atomic mass is 16.6. The molecular formula is C10H10O. The Morgan fingerprint density at radius 1 is 1.27 bits per heavy atom. The molecule has 3 rings (SSSR count). The van der Waals surface area contributed by atoms with Crippen molar-refractivity contribution in [2.45, 2.75) is 25.0 Å². The number of ether oxygens (including phenoxy) is 1. The number of benzene rings is 1. The third kappa shape index (κ3) is 0.746. The molecule has 1 heterocycles. The van der Waals surface area contributed by atoms with Gasteiger partial charge in [0.2, 0.25) is 0 Å². The molecule has 0 N–H and O–H groups in total. The van der Waals surface area contributed by atoms with E-state index >= 15 is 0 Å². The van der Waals surface area contributed by atoms with Crippen molar-refractivity contribution in [3.05, 3.63) is 35.4 Å². The van der Waals surface area contributed by atoms with Gasteiger partial charge in [0, 0.05) is 0 Å². The molecule has 0 radical (unpaired) electrons. The summed E-state index contributed by atoms with van der Waals surface area (Å²) < 4.78 is 5.50. The average Bonchev–Trinajstić information content (AvgIpc) is 2.83. The lowest BCUT2D eigenvalue weighted by atomic mass is 9.92. The van der Waals surface area contributed by atoms with E-state index < -0.39 is 0 Å². The van der Waals surface area contributed by atoms with Gasteiger partial charge in [0.15, 0.2) is 0 Å². The van der Waals surface area contributed by atoms with Crippen LogP contribution in [0.4, 0.5) is 0 Å². The summed E-state index contributed by atoms with van der Waals surface area (Å²) in [6, 6.07) is 8.62. The second-order valence-electron chi connectivity index (χ2n) is 3.33. The Morgan fingerprint density at radius 3 is 3.18 bits per heavy atom. The lowest BCUT2D eigenvalue weighted by Gasteiger charge is -2.09. The van der Waals surface area contributed by atoms with Crippen molar-refractivity contribution in [1.82, 2.24) is 0 Å². The van der Waals surface area contributed by atoms with E-state index in [1.165, 1.54) is 24.0 Å². The first kappa shape index (κ1) is 5.78. The van der Waals surface area contributed by atoms with Gasteiger partial charge < -0.3 is 4.74 Å². The molecule has 0 amide bonds. The zero-order valence-corrected chi connectivity index (χ0v) is 6.29. The first-order valence-electron chi connectivity index (χ1n) is 4.18. The largest absolute Gasteiger partial charge is 0.364 e. The van der Waals surface area contributed by atoms with Crippen LogP contribution in [-0.2, 0) is 11.2 Å². The van der Waals surface area contributed by atoms with Crippen LogP contribution in [0.25, 0.3) is 0 Å². The van der Waals surface area contributed by atoms with Gasteiger partial charge in [-0.1, -0.05) is 24.3 Å². The van der Waals surface area contributed by atoms with E-state index in [1.807, 2.05) is 0 Å². The van der Waals surface area contributed by atoms with Gasteiger partial charge in [0.1, 0.15) is 6.10 Å². The van der Waals surface area contributed by atoms with Crippen LogP contribution in [0.1, 0.15) is 23.7 Å². The highest BCUT2D eigenvalue weighted by molar-refractivity contribution is 5.35. The van der Waals surface area contributed by atoms with Crippen LogP contribution >= 0.6 is 0 Å². The lowest BCUT2D eigenvalue weighted by molar-refractivity contribution is 0.373. The third-order valence-corrected chi connectivity index (χ3v) is 2.64. The lowest BCUT2D eigenvalue weighted by Crippen LogP contribution is -2.03. The Kier molecular flexibility index (Phi) is 0.977. The molecule has 0 aromatic heterocycles. The maximum absolute atomic E-state index is 5.50. The molecule has 1 heteroatoms. The van der Waals surface area contributed by atoms with Crippen LogP contribution in [0.5, 0.6) is 0 Å². The summed E-state index contributed by atoms with van der Waals surface area (Å²) in [6.07, 6.45) is 3.45. The Labute approximate surface area is 66.0 Å². The molecule has 0 bridgehead atoms. The van der Waals surface area contributed by atoms with Crippen molar-refractivity contribution in [3.8, 4) is 0 Å². The van der Waals surface area contributed by atoms with Gasteiger partial charge in [0.05, 0.1) is 6.10 Å². The summed E-state index contributed by atoms with van der Waals surface area (Å²) in [6.45, 7) is 0. The number of hydrogen-bond acceptors (Lipinski definition) is 1. The van der Waals surface area contributed by atoms with Crippen LogP contribution in [0, 0.1) is 0 Å². The minimum atomic E-state index is 0.458. The zero-order chi connectivity index (χ0) is 7.26. The molecule has 1 aliphatic carbocycles. The van der Waals surface area contributed by atoms with Crippen molar-refractivity contribution in [2.24, 2.45) is 0 Å². The third-order valence-electron chi connectivity index (χ3n) is 2.64. The van der Waals surface area contributed by atoms with Gasteiger partial charge in [-0.25, -0.2) is 0 Å². The maximum Gasteiger partial charge on any atom is 0.109 e. The van der Waals surface area contributed by atoms with Gasteiger partial charge >= 0.3 is 0 Å². The van der Waals surface area contributed by atoms with Crippen molar-refractivity contribution in [1.29, 1.82) is 0 Å². The van der Waals surface area contributed by atoms with E-state index in [2.05, 4.69) is 24.3 Å².